The van der Waals surface area contributed by atoms with Gasteiger partial charge in [0.25, 0.3) is 5.25 Å². The zero-order valence-corrected chi connectivity index (χ0v) is 10.2. The molecule has 9 heteroatoms. The third-order valence-electron chi connectivity index (χ3n) is 2.34. The molecule has 2 unspecified atom stereocenters. The maximum absolute atomic E-state index is 14.2. The number of aliphatic hydroxyl groups excluding tert-OH is 2. The molecule has 0 fully saturated rings. The number of aliphatic hydroxyl groups is 2. The quantitative estimate of drug-likeness (QED) is 0.598. The summed E-state index contributed by atoms with van der Waals surface area (Å²) in [6, 6.07) is 1.14. The number of anilines is 1. The van der Waals surface area contributed by atoms with E-state index in [0.717, 1.165) is 19.4 Å². The van der Waals surface area contributed by atoms with Gasteiger partial charge in [0.1, 0.15) is 11.9 Å². The lowest BCUT2D eigenvalue weighted by Gasteiger charge is -2.29. The molecule has 0 aliphatic rings. The highest BCUT2D eigenvalue weighted by Gasteiger charge is 2.44. The first-order chi connectivity index (χ1) is 8.34. The second-order valence-corrected chi connectivity index (χ2v) is 4.02. The second-order valence-electron chi connectivity index (χ2n) is 3.49. The summed E-state index contributed by atoms with van der Waals surface area (Å²) in [6.07, 6.45) is -2.32. The summed E-state index contributed by atoms with van der Waals surface area (Å²) in [5, 5.41) is 15.5. The highest BCUT2D eigenvalue weighted by Crippen LogP contribution is 2.29. The zero-order valence-electron chi connectivity index (χ0n) is 9.46. The van der Waals surface area contributed by atoms with Gasteiger partial charge in [-0.25, -0.2) is 9.36 Å². The minimum atomic E-state index is -3.01. The molecule has 0 aliphatic carbocycles. The first-order valence-corrected chi connectivity index (χ1v) is 5.27. The predicted octanol–water partition coefficient (Wildman–Crippen LogP) is -0.988. The smallest absolute Gasteiger partial charge is 0.353 e. The number of halogens is 2. The Hall–Kier alpha value is -1.22. The summed E-state index contributed by atoms with van der Waals surface area (Å²) >= 11 is 5.50. The maximum Gasteiger partial charge on any atom is 0.353 e. The van der Waals surface area contributed by atoms with E-state index in [4.69, 9.17) is 22.4 Å². The average Bonchev–Trinajstić information content (AvgIpc) is 2.29. The predicted molar refractivity (Wildman–Crippen MR) is 61.7 cm³/mol. The lowest BCUT2D eigenvalue weighted by atomic mass is 10.2. The van der Waals surface area contributed by atoms with Crippen LogP contribution in [0.1, 0.15) is 0 Å². The summed E-state index contributed by atoms with van der Waals surface area (Å²) in [6.45, 7) is -0.673. The van der Waals surface area contributed by atoms with Crippen molar-refractivity contribution < 1.29 is 19.3 Å². The number of alkyl halides is 2. The number of methoxy groups -OCH3 is 1. The van der Waals surface area contributed by atoms with E-state index in [1.807, 2.05) is 0 Å². The Morgan fingerprint density at radius 1 is 1.78 bits per heavy atom. The molecule has 7 nitrogen and oxygen atoms in total. The van der Waals surface area contributed by atoms with Crippen molar-refractivity contribution in [1.29, 1.82) is 0 Å². The van der Waals surface area contributed by atoms with Crippen molar-refractivity contribution in [2.24, 2.45) is 0 Å². The Labute approximate surface area is 107 Å². The van der Waals surface area contributed by atoms with Gasteiger partial charge in [0.15, 0.2) is 6.10 Å². The van der Waals surface area contributed by atoms with Crippen LogP contribution in [0.15, 0.2) is 17.1 Å². The van der Waals surface area contributed by atoms with Crippen LogP contribution in [-0.4, -0.2) is 45.7 Å². The summed E-state index contributed by atoms with van der Waals surface area (Å²) in [4.78, 5) is 14.7. The van der Waals surface area contributed by atoms with E-state index in [-0.39, 0.29) is 5.82 Å². The third-order valence-corrected chi connectivity index (χ3v) is 2.74. The minimum absolute atomic E-state index is 0.108. The molecule has 0 saturated heterocycles. The van der Waals surface area contributed by atoms with Gasteiger partial charge < -0.3 is 20.7 Å². The van der Waals surface area contributed by atoms with Gasteiger partial charge in [0.2, 0.25) is 0 Å². The summed E-state index contributed by atoms with van der Waals surface area (Å²) in [5.41, 5.74) is 4.17. The highest BCUT2D eigenvalue weighted by atomic mass is 35.5. The van der Waals surface area contributed by atoms with Crippen molar-refractivity contribution in [2.45, 2.75) is 17.5 Å². The Balaban J connectivity index is 3.15. The van der Waals surface area contributed by atoms with Gasteiger partial charge >= 0.3 is 5.69 Å². The number of rotatable bonds is 5. The topological polar surface area (TPSA) is 111 Å². The Bertz CT molecular complexity index is 463. The molecule has 1 rings (SSSR count). The molecule has 102 valence electrons. The normalized spacial score (nSPS) is 18.1. The first kappa shape index (κ1) is 14.8. The number of hydrogen-bond acceptors (Lipinski definition) is 6. The van der Waals surface area contributed by atoms with Crippen molar-refractivity contribution in [3.63, 3.8) is 0 Å². The summed E-state index contributed by atoms with van der Waals surface area (Å²) < 4.78 is 19.2. The second kappa shape index (κ2) is 5.61. The van der Waals surface area contributed by atoms with Crippen molar-refractivity contribution in [2.75, 3.05) is 19.5 Å². The van der Waals surface area contributed by atoms with Crippen LogP contribution in [-0.2, 0) is 9.99 Å². The van der Waals surface area contributed by atoms with E-state index in [1.165, 1.54) is 0 Å². The molecular weight excluding hydrogens is 269 g/mol. The van der Waals surface area contributed by atoms with E-state index in [2.05, 4.69) is 9.72 Å². The lowest BCUT2D eigenvalue weighted by molar-refractivity contribution is -0.109. The van der Waals surface area contributed by atoms with E-state index < -0.39 is 29.8 Å². The molecule has 1 aromatic heterocycles. The summed E-state index contributed by atoms with van der Waals surface area (Å²) in [7, 11) is 1.15. The molecule has 0 spiro atoms. The monoisotopic (exact) mass is 281 g/mol. The maximum atomic E-state index is 14.2. The number of nitrogens with two attached hydrogens (primary N) is 1. The Morgan fingerprint density at radius 3 is 2.83 bits per heavy atom. The average molecular weight is 282 g/mol. The van der Waals surface area contributed by atoms with Crippen LogP contribution in [0.5, 0.6) is 0 Å². The first-order valence-electron chi connectivity index (χ1n) is 4.89. The zero-order chi connectivity index (χ0) is 13.9. The van der Waals surface area contributed by atoms with Crippen LogP contribution in [0.4, 0.5) is 10.2 Å². The molecule has 4 N–H and O–H groups in total. The van der Waals surface area contributed by atoms with Gasteiger partial charge in [-0.05, 0) is 6.07 Å². The fraction of sp³-hybridized carbons (Fsp3) is 0.556. The molecule has 0 radical (unpaired) electrons. The van der Waals surface area contributed by atoms with Crippen LogP contribution in [0.25, 0.3) is 0 Å². The molecule has 0 bridgehead atoms. The molecule has 0 aromatic carbocycles. The molecule has 0 amide bonds. The fourth-order valence-corrected chi connectivity index (χ4v) is 1.58. The van der Waals surface area contributed by atoms with E-state index in [1.54, 1.807) is 0 Å². The summed E-state index contributed by atoms with van der Waals surface area (Å²) in [5.74, 6) is -0.108. The number of nitrogens with zero attached hydrogens (tertiary/aromatic N) is 2. The fourth-order valence-electron chi connectivity index (χ4n) is 1.31. The Morgan fingerprint density at radius 2 is 2.39 bits per heavy atom. The number of hydrogen-bond donors (Lipinski definition) is 3. The standard InChI is InChI=1S/C9H13ClFN3O4/c1-18-5(4-15)7(16)9(10,11)14-3-2-6(12)13-8(14)17/h2-3,5,7,15-16H,4H2,1H3,(H2,12,13,17)/t5?,7?,9-/m1/s1. The van der Waals surface area contributed by atoms with Crippen LogP contribution >= 0.6 is 11.6 Å². The van der Waals surface area contributed by atoms with Crippen molar-refractivity contribution in [3.8, 4) is 0 Å². The SMILES string of the molecule is COC(CO)C(O)[C@](F)(Cl)n1ccc(N)nc1=O. The van der Waals surface area contributed by atoms with Gasteiger partial charge in [-0.3, -0.25) is 0 Å². The Kier molecular flexibility index (Phi) is 4.63. The molecule has 18 heavy (non-hydrogen) atoms. The van der Waals surface area contributed by atoms with Crippen LogP contribution in [0.2, 0.25) is 0 Å². The van der Waals surface area contributed by atoms with E-state index in [0.29, 0.717) is 4.57 Å². The molecule has 0 saturated carbocycles. The number of nitrogen functional groups attached to an aromatic ring is 1. The highest BCUT2D eigenvalue weighted by molar-refractivity contribution is 6.21. The molecule has 1 aromatic rings. The number of aromatic nitrogens is 2. The molecule has 0 aliphatic heterocycles. The number of ether oxygens (including phenoxy) is 1. The van der Waals surface area contributed by atoms with Crippen LogP contribution in [0, 0.1) is 0 Å². The van der Waals surface area contributed by atoms with Crippen LogP contribution in [0.3, 0.4) is 0 Å². The van der Waals surface area contributed by atoms with Gasteiger partial charge in [-0.1, -0.05) is 11.6 Å². The van der Waals surface area contributed by atoms with Gasteiger partial charge in [-0.15, -0.1) is 0 Å². The van der Waals surface area contributed by atoms with Crippen LogP contribution < -0.4 is 11.4 Å². The van der Waals surface area contributed by atoms with Gasteiger partial charge in [0.05, 0.1) is 6.61 Å². The van der Waals surface area contributed by atoms with Crippen molar-refractivity contribution in [1.82, 2.24) is 9.55 Å². The largest absolute Gasteiger partial charge is 0.394 e. The van der Waals surface area contributed by atoms with Crippen molar-refractivity contribution >= 4 is 17.4 Å². The van der Waals surface area contributed by atoms with Crippen molar-refractivity contribution in [3.05, 3.63) is 22.7 Å². The minimum Gasteiger partial charge on any atom is -0.394 e. The van der Waals surface area contributed by atoms with Gasteiger partial charge in [0, 0.05) is 13.3 Å². The molecule has 3 atom stereocenters. The third kappa shape index (κ3) is 2.78. The van der Waals surface area contributed by atoms with E-state index in [9.17, 15) is 14.3 Å². The molecule has 1 heterocycles. The van der Waals surface area contributed by atoms with E-state index >= 15 is 0 Å². The molecular formula is C9H13ClFN3O4. The lowest BCUT2D eigenvalue weighted by Crippen LogP contribution is -2.50. The van der Waals surface area contributed by atoms with Gasteiger partial charge in [-0.2, -0.15) is 9.37 Å².